The SMILES string of the molecule is O=C(CC12CC3CC(CC(C3)C1)C2)N1CCCCC1=S. The number of carbonyl (C=O) groups is 1. The van der Waals surface area contributed by atoms with Gasteiger partial charge in [-0.05, 0) is 81.0 Å². The fraction of sp³-hybridized carbons (Fsp3) is 0.882. The van der Waals surface area contributed by atoms with Gasteiger partial charge in [-0.25, -0.2) is 0 Å². The molecule has 0 aromatic rings. The lowest BCUT2D eigenvalue weighted by atomic mass is 9.49. The lowest BCUT2D eigenvalue weighted by Gasteiger charge is -2.57. The Morgan fingerprint density at radius 1 is 1.10 bits per heavy atom. The number of piperidine rings is 1. The number of amides is 1. The minimum absolute atomic E-state index is 0.344. The van der Waals surface area contributed by atoms with Crippen LogP contribution in [-0.4, -0.2) is 22.3 Å². The Hall–Kier alpha value is -0.440. The average Bonchev–Trinajstić information content (AvgIpc) is 2.36. The summed E-state index contributed by atoms with van der Waals surface area (Å²) < 4.78 is 0. The summed E-state index contributed by atoms with van der Waals surface area (Å²) in [4.78, 5) is 15.6. The van der Waals surface area contributed by atoms with E-state index in [0.717, 1.165) is 48.5 Å². The van der Waals surface area contributed by atoms with Gasteiger partial charge in [0.05, 0.1) is 4.99 Å². The van der Waals surface area contributed by atoms with E-state index >= 15 is 0 Å². The first-order chi connectivity index (χ1) is 9.63. The monoisotopic (exact) mass is 291 g/mol. The van der Waals surface area contributed by atoms with Crippen molar-refractivity contribution >= 4 is 23.1 Å². The molecule has 0 N–H and O–H groups in total. The van der Waals surface area contributed by atoms with Gasteiger partial charge in [-0.2, -0.15) is 0 Å². The van der Waals surface area contributed by atoms with E-state index < -0.39 is 0 Å². The van der Waals surface area contributed by atoms with Gasteiger partial charge in [-0.1, -0.05) is 12.2 Å². The van der Waals surface area contributed by atoms with Gasteiger partial charge in [0.1, 0.15) is 0 Å². The summed E-state index contributed by atoms with van der Waals surface area (Å²) in [5.41, 5.74) is 0.360. The van der Waals surface area contributed by atoms with Crippen molar-refractivity contribution in [2.24, 2.45) is 23.2 Å². The first-order valence-corrected chi connectivity index (χ1v) is 8.88. The van der Waals surface area contributed by atoms with E-state index in [2.05, 4.69) is 0 Å². The van der Waals surface area contributed by atoms with Crippen LogP contribution >= 0.6 is 12.2 Å². The maximum atomic E-state index is 12.7. The smallest absolute Gasteiger partial charge is 0.227 e. The van der Waals surface area contributed by atoms with E-state index in [9.17, 15) is 4.79 Å². The minimum Gasteiger partial charge on any atom is -0.307 e. The van der Waals surface area contributed by atoms with Crippen LogP contribution in [-0.2, 0) is 4.79 Å². The fourth-order valence-electron chi connectivity index (χ4n) is 5.99. The normalized spacial score (nSPS) is 43.1. The van der Waals surface area contributed by atoms with Gasteiger partial charge in [-0.3, -0.25) is 4.79 Å². The molecule has 1 amide bonds. The van der Waals surface area contributed by atoms with Crippen LogP contribution in [0.1, 0.15) is 64.2 Å². The molecule has 0 atom stereocenters. The third-order valence-corrected chi connectivity index (χ3v) is 6.74. The van der Waals surface area contributed by atoms with Crippen LogP contribution in [0.25, 0.3) is 0 Å². The highest BCUT2D eigenvalue weighted by Gasteiger charge is 2.51. The van der Waals surface area contributed by atoms with Crippen molar-refractivity contribution in [3.05, 3.63) is 0 Å². The largest absolute Gasteiger partial charge is 0.307 e. The highest BCUT2D eigenvalue weighted by molar-refractivity contribution is 7.80. The Labute approximate surface area is 127 Å². The maximum Gasteiger partial charge on any atom is 0.227 e. The van der Waals surface area contributed by atoms with Crippen molar-refractivity contribution in [3.8, 4) is 0 Å². The number of hydrogen-bond acceptors (Lipinski definition) is 2. The second-order valence-corrected chi connectivity index (χ2v) is 8.46. The van der Waals surface area contributed by atoms with Crippen LogP contribution in [0.15, 0.2) is 0 Å². The van der Waals surface area contributed by atoms with E-state index in [0.29, 0.717) is 11.3 Å². The number of likely N-dealkylation sites (tertiary alicyclic amines) is 1. The molecule has 1 aliphatic heterocycles. The van der Waals surface area contributed by atoms with E-state index in [-0.39, 0.29) is 0 Å². The van der Waals surface area contributed by atoms with Gasteiger partial charge in [0.2, 0.25) is 5.91 Å². The topological polar surface area (TPSA) is 20.3 Å². The minimum atomic E-state index is 0.344. The quantitative estimate of drug-likeness (QED) is 0.718. The summed E-state index contributed by atoms with van der Waals surface area (Å²) in [6, 6.07) is 0. The van der Waals surface area contributed by atoms with Gasteiger partial charge in [0.15, 0.2) is 0 Å². The fourth-order valence-corrected chi connectivity index (χ4v) is 6.33. The number of rotatable bonds is 2. The van der Waals surface area contributed by atoms with Crippen LogP contribution in [0.3, 0.4) is 0 Å². The molecule has 4 aliphatic carbocycles. The van der Waals surface area contributed by atoms with Crippen molar-refractivity contribution in [1.29, 1.82) is 0 Å². The lowest BCUT2D eigenvalue weighted by Crippen LogP contribution is -2.49. The molecule has 0 radical (unpaired) electrons. The Morgan fingerprint density at radius 2 is 1.70 bits per heavy atom. The predicted molar refractivity (Wildman–Crippen MR) is 83.4 cm³/mol. The molecule has 1 saturated heterocycles. The summed E-state index contributed by atoms with van der Waals surface area (Å²) >= 11 is 5.42. The van der Waals surface area contributed by atoms with Gasteiger partial charge >= 0.3 is 0 Å². The van der Waals surface area contributed by atoms with Crippen molar-refractivity contribution in [2.75, 3.05) is 6.54 Å². The third-order valence-electron chi connectivity index (χ3n) is 6.32. The number of hydrogen-bond donors (Lipinski definition) is 0. The van der Waals surface area contributed by atoms with E-state index in [1.807, 2.05) is 4.90 Å². The van der Waals surface area contributed by atoms with Gasteiger partial charge in [0.25, 0.3) is 0 Å². The Balaban J connectivity index is 1.48. The lowest BCUT2D eigenvalue weighted by molar-refractivity contribution is -0.136. The van der Waals surface area contributed by atoms with Crippen LogP contribution < -0.4 is 0 Å². The summed E-state index contributed by atoms with van der Waals surface area (Å²) in [7, 11) is 0. The van der Waals surface area contributed by atoms with Crippen molar-refractivity contribution in [3.63, 3.8) is 0 Å². The van der Waals surface area contributed by atoms with Gasteiger partial charge < -0.3 is 4.90 Å². The average molecular weight is 291 g/mol. The maximum absolute atomic E-state index is 12.7. The van der Waals surface area contributed by atoms with Crippen molar-refractivity contribution in [1.82, 2.24) is 4.90 Å². The molecule has 4 saturated carbocycles. The second-order valence-electron chi connectivity index (χ2n) is 7.99. The summed E-state index contributed by atoms with van der Waals surface area (Å²) in [6.45, 7) is 0.879. The third kappa shape index (κ3) is 2.22. The molecular formula is C17H25NOS. The first-order valence-electron chi connectivity index (χ1n) is 8.47. The molecule has 110 valence electrons. The van der Waals surface area contributed by atoms with E-state index in [1.54, 1.807) is 0 Å². The summed E-state index contributed by atoms with van der Waals surface area (Å²) in [6.07, 6.45) is 12.4. The van der Waals surface area contributed by atoms with E-state index in [4.69, 9.17) is 12.2 Å². The summed E-state index contributed by atoms with van der Waals surface area (Å²) in [5, 5.41) is 0. The molecule has 20 heavy (non-hydrogen) atoms. The Kier molecular flexibility index (Phi) is 3.17. The molecular weight excluding hydrogens is 266 g/mol. The van der Waals surface area contributed by atoms with Crippen LogP contribution in [0, 0.1) is 23.2 Å². The zero-order valence-electron chi connectivity index (χ0n) is 12.3. The first kappa shape index (κ1) is 13.2. The highest BCUT2D eigenvalue weighted by atomic mass is 32.1. The number of thiocarbonyl (C=S) groups is 1. The van der Waals surface area contributed by atoms with Crippen LogP contribution in [0.5, 0.6) is 0 Å². The molecule has 4 bridgehead atoms. The molecule has 0 aromatic carbocycles. The van der Waals surface area contributed by atoms with Crippen molar-refractivity contribution in [2.45, 2.75) is 64.2 Å². The zero-order chi connectivity index (χ0) is 13.7. The molecule has 5 fully saturated rings. The Bertz CT molecular complexity index is 409. The van der Waals surface area contributed by atoms with Gasteiger partial charge in [0, 0.05) is 13.0 Å². The van der Waals surface area contributed by atoms with E-state index in [1.165, 1.54) is 44.9 Å². The number of nitrogens with zero attached hydrogens (tertiary/aromatic N) is 1. The number of carbonyl (C=O) groups excluding carboxylic acids is 1. The van der Waals surface area contributed by atoms with Crippen molar-refractivity contribution < 1.29 is 4.79 Å². The zero-order valence-corrected chi connectivity index (χ0v) is 13.1. The highest BCUT2D eigenvalue weighted by Crippen LogP contribution is 2.61. The van der Waals surface area contributed by atoms with Gasteiger partial charge in [-0.15, -0.1) is 0 Å². The Morgan fingerprint density at radius 3 is 2.25 bits per heavy atom. The predicted octanol–water partition coefficient (Wildman–Crippen LogP) is 3.93. The molecule has 5 rings (SSSR count). The molecule has 0 unspecified atom stereocenters. The molecule has 1 heterocycles. The standard InChI is InChI=1S/C17H25NOS/c19-15(18-4-2-1-3-16(18)20)11-17-8-12-5-13(9-17)7-14(6-12)10-17/h12-14H,1-11H2. The molecule has 3 heteroatoms. The molecule has 0 aromatic heterocycles. The van der Waals surface area contributed by atoms with Crippen LogP contribution in [0.4, 0.5) is 0 Å². The molecule has 5 aliphatic rings. The second kappa shape index (κ2) is 4.79. The molecule has 0 spiro atoms. The molecule has 2 nitrogen and oxygen atoms in total. The summed E-state index contributed by atoms with van der Waals surface area (Å²) in [5.74, 6) is 3.14. The van der Waals surface area contributed by atoms with Crippen LogP contribution in [0.2, 0.25) is 0 Å².